The molecule has 30 heavy (non-hydrogen) atoms. The molecule has 188 valence electrons. The Bertz CT molecular complexity index is 468. The summed E-state index contributed by atoms with van der Waals surface area (Å²) in [6.07, 6.45) is -7.90. The summed E-state index contributed by atoms with van der Waals surface area (Å²) < 4.78 is 10.2. The Balaban J connectivity index is -0.000000347. The van der Waals surface area contributed by atoms with Crippen molar-refractivity contribution >= 4 is 81.0 Å². The van der Waals surface area contributed by atoms with Crippen molar-refractivity contribution in [1.82, 2.24) is 5.32 Å². The van der Waals surface area contributed by atoms with Crippen LogP contribution in [0.4, 0.5) is 0 Å². The molecule has 0 bridgehead atoms. The lowest BCUT2D eigenvalue weighted by Crippen LogP contribution is -2.67. The second kappa shape index (κ2) is 18.8. The Labute approximate surface area is 217 Å². The van der Waals surface area contributed by atoms with E-state index in [0.29, 0.717) is 0 Å². The quantitative estimate of drug-likeness (QED) is 0.157. The van der Waals surface area contributed by atoms with Gasteiger partial charge in [-0.25, -0.2) is 0 Å². The fourth-order valence-corrected chi connectivity index (χ4v) is 3.05. The zero-order valence-corrected chi connectivity index (χ0v) is 22.1. The molecule has 0 radical (unpaired) electrons. The Hall–Kier alpha value is 1.44. The maximum absolute atomic E-state index is 10.3. The lowest BCUT2D eigenvalue weighted by Gasteiger charge is -2.44. The fraction of sp³-hybridized carbons (Fsp3) is 0.857. The molecule has 1 aliphatic carbocycles. The van der Waals surface area contributed by atoms with E-state index in [1.807, 2.05) is 0 Å². The van der Waals surface area contributed by atoms with E-state index in [2.05, 4.69) is 5.32 Å². The summed E-state index contributed by atoms with van der Waals surface area (Å²) in [4.78, 5) is 0. The molecule has 0 spiro atoms. The molecule has 9 atom stereocenters. The van der Waals surface area contributed by atoms with E-state index < -0.39 is 68.2 Å². The average molecular weight is 556 g/mol. The van der Waals surface area contributed by atoms with E-state index >= 15 is 0 Å². The SMILES string of the molecule is COC1O[C@H](CO)C(N[C@@H]2C=C(CO)[C@@H](O)C(O)[C@H]2O)[C@H](O)C1O.S.S.S.S.S.S. The number of ether oxygens (including phenoxy) is 2. The Morgan fingerprint density at radius 3 is 1.83 bits per heavy atom. The van der Waals surface area contributed by atoms with Crippen LogP contribution in [0.1, 0.15) is 0 Å². The van der Waals surface area contributed by atoms with E-state index in [4.69, 9.17) is 9.47 Å². The van der Waals surface area contributed by atoms with Crippen LogP contribution in [0.3, 0.4) is 0 Å². The topological polar surface area (TPSA) is 172 Å². The predicted octanol–water partition coefficient (Wildman–Crippen LogP) is -3.91. The molecule has 10 nitrogen and oxygen atoms in total. The molecule has 2 aliphatic rings. The highest BCUT2D eigenvalue weighted by atomic mass is 32.1. The fourth-order valence-electron chi connectivity index (χ4n) is 3.05. The molecule has 0 saturated carbocycles. The Morgan fingerprint density at radius 1 is 0.867 bits per heavy atom. The largest absolute Gasteiger partial charge is 0.394 e. The lowest BCUT2D eigenvalue weighted by atomic mass is 9.86. The van der Waals surface area contributed by atoms with Crippen molar-refractivity contribution in [2.45, 2.75) is 55.0 Å². The predicted molar refractivity (Wildman–Crippen MR) is 141 cm³/mol. The molecular weight excluding hydrogens is 519 g/mol. The van der Waals surface area contributed by atoms with Crippen LogP contribution in [-0.4, -0.2) is 111 Å². The van der Waals surface area contributed by atoms with Gasteiger partial charge in [0.25, 0.3) is 0 Å². The van der Waals surface area contributed by atoms with Crippen molar-refractivity contribution < 1.29 is 45.2 Å². The van der Waals surface area contributed by atoms with Gasteiger partial charge >= 0.3 is 0 Å². The Kier molecular flexibility index (Phi) is 26.1. The molecule has 1 heterocycles. The van der Waals surface area contributed by atoms with Crippen LogP contribution in [-0.2, 0) is 9.47 Å². The van der Waals surface area contributed by atoms with E-state index in [0.717, 1.165) is 0 Å². The Morgan fingerprint density at radius 2 is 1.40 bits per heavy atom. The number of methoxy groups -OCH3 is 1. The van der Waals surface area contributed by atoms with Gasteiger partial charge in [0.05, 0.1) is 25.3 Å². The highest BCUT2D eigenvalue weighted by Crippen LogP contribution is 2.25. The van der Waals surface area contributed by atoms with Gasteiger partial charge in [-0.2, -0.15) is 81.0 Å². The van der Waals surface area contributed by atoms with Crippen molar-refractivity contribution in [2.75, 3.05) is 20.3 Å². The minimum atomic E-state index is -1.54. The molecule has 0 aromatic heterocycles. The van der Waals surface area contributed by atoms with Crippen LogP contribution in [0.15, 0.2) is 11.6 Å². The number of hydrogen-bond acceptors (Lipinski definition) is 10. The average Bonchev–Trinajstić information content (AvgIpc) is 2.59. The molecule has 1 fully saturated rings. The third-order valence-electron chi connectivity index (χ3n) is 4.50. The number of aliphatic hydroxyl groups is 7. The van der Waals surface area contributed by atoms with Crippen LogP contribution in [0.25, 0.3) is 0 Å². The third-order valence-corrected chi connectivity index (χ3v) is 4.50. The molecule has 0 aromatic carbocycles. The van der Waals surface area contributed by atoms with Crippen LogP contribution < -0.4 is 5.32 Å². The molecule has 1 aliphatic heterocycles. The summed E-state index contributed by atoms with van der Waals surface area (Å²) in [5, 5.41) is 71.4. The van der Waals surface area contributed by atoms with E-state index in [9.17, 15) is 35.7 Å². The normalized spacial score (nSPS) is 37.3. The number of nitrogens with one attached hydrogen (secondary N) is 1. The second-order valence-corrected chi connectivity index (χ2v) is 5.99. The first-order valence-corrected chi connectivity index (χ1v) is 7.62. The molecule has 0 amide bonds. The molecule has 0 aromatic rings. The maximum Gasteiger partial charge on any atom is 0.186 e. The standard InChI is InChI=1S/C14H25NO9.6H2S/c1-23-14-13(22)11(20)8(7(4-17)24-14)15-6-2-5(3-16)9(18)12(21)10(6)19;;;;;;/h2,6-22H,3-4H2,1H3;6*1H2/t6-,7-,8?,9-,10+,11+,12?,13?,14?;;;;;;/m1....../s1. The highest BCUT2D eigenvalue weighted by Gasteiger charge is 2.47. The van der Waals surface area contributed by atoms with Crippen molar-refractivity contribution in [3.05, 3.63) is 11.6 Å². The summed E-state index contributed by atoms with van der Waals surface area (Å²) in [6.45, 7) is -1.02. The third kappa shape index (κ3) is 9.00. The molecular formula is C14H37NO9S6. The summed E-state index contributed by atoms with van der Waals surface area (Å²) >= 11 is 0. The second-order valence-electron chi connectivity index (χ2n) is 5.99. The smallest absolute Gasteiger partial charge is 0.186 e. The first-order valence-electron chi connectivity index (χ1n) is 7.62. The van der Waals surface area contributed by atoms with Crippen molar-refractivity contribution in [3.63, 3.8) is 0 Å². The first kappa shape index (κ1) is 41.7. The van der Waals surface area contributed by atoms with E-state index in [1.165, 1.54) is 13.2 Å². The van der Waals surface area contributed by atoms with Crippen LogP contribution in [0, 0.1) is 0 Å². The van der Waals surface area contributed by atoms with Crippen molar-refractivity contribution in [3.8, 4) is 0 Å². The zero-order valence-electron chi connectivity index (χ0n) is 16.1. The summed E-state index contributed by atoms with van der Waals surface area (Å²) in [5.74, 6) is 0. The monoisotopic (exact) mass is 555 g/mol. The van der Waals surface area contributed by atoms with Gasteiger partial charge in [0, 0.05) is 7.11 Å². The zero-order chi connectivity index (χ0) is 18.0. The number of hydrogen-bond donors (Lipinski definition) is 8. The summed E-state index contributed by atoms with van der Waals surface area (Å²) in [6, 6.07) is -1.94. The van der Waals surface area contributed by atoms with Crippen LogP contribution in [0.5, 0.6) is 0 Å². The van der Waals surface area contributed by atoms with Gasteiger partial charge in [-0.15, -0.1) is 0 Å². The van der Waals surface area contributed by atoms with Gasteiger partial charge in [0.15, 0.2) is 6.29 Å². The molecule has 16 heteroatoms. The van der Waals surface area contributed by atoms with Gasteiger partial charge in [-0.05, 0) is 5.57 Å². The maximum atomic E-state index is 10.3. The first-order chi connectivity index (χ1) is 11.3. The minimum Gasteiger partial charge on any atom is -0.394 e. The number of rotatable bonds is 5. The van der Waals surface area contributed by atoms with Gasteiger partial charge < -0.3 is 50.5 Å². The molecule has 2 rings (SSSR count). The summed E-state index contributed by atoms with van der Waals surface area (Å²) in [7, 11) is 1.28. The van der Waals surface area contributed by atoms with Gasteiger partial charge in [-0.1, -0.05) is 6.08 Å². The van der Waals surface area contributed by atoms with E-state index in [-0.39, 0.29) is 86.5 Å². The van der Waals surface area contributed by atoms with E-state index in [1.54, 1.807) is 0 Å². The van der Waals surface area contributed by atoms with Gasteiger partial charge in [-0.3, -0.25) is 0 Å². The van der Waals surface area contributed by atoms with Gasteiger partial charge in [0.2, 0.25) is 0 Å². The highest BCUT2D eigenvalue weighted by molar-refractivity contribution is 7.60. The molecule has 1 saturated heterocycles. The van der Waals surface area contributed by atoms with Crippen molar-refractivity contribution in [2.24, 2.45) is 0 Å². The van der Waals surface area contributed by atoms with Crippen molar-refractivity contribution in [1.29, 1.82) is 0 Å². The molecule has 8 N–H and O–H groups in total. The number of aliphatic hydroxyl groups excluding tert-OH is 7. The molecule has 4 unspecified atom stereocenters. The van der Waals surface area contributed by atoms with Gasteiger partial charge in [0.1, 0.15) is 36.6 Å². The lowest BCUT2D eigenvalue weighted by molar-refractivity contribution is -0.273. The minimum absolute atomic E-state index is 0. The van der Waals surface area contributed by atoms with Crippen LogP contribution >= 0.6 is 81.0 Å². The van der Waals surface area contributed by atoms with Crippen LogP contribution in [0.2, 0.25) is 0 Å². The summed E-state index contributed by atoms with van der Waals surface area (Å²) in [5.41, 5.74) is 0.104.